The Bertz CT molecular complexity index is 1180. The maximum atomic E-state index is 12.9. The molecule has 2 aliphatic rings. The molecule has 9 heteroatoms. The smallest absolute Gasteiger partial charge is 0.382 e. The van der Waals surface area contributed by atoms with Crippen molar-refractivity contribution in [3.05, 3.63) is 47.1 Å². The summed E-state index contributed by atoms with van der Waals surface area (Å²) in [5.41, 5.74) is 2.28. The number of hydrogen-bond donors (Lipinski definition) is 1. The molecule has 1 aliphatic heterocycles. The summed E-state index contributed by atoms with van der Waals surface area (Å²) < 4.78 is 38.6. The van der Waals surface area contributed by atoms with Gasteiger partial charge in [0.25, 0.3) is 0 Å². The molecule has 1 aliphatic carbocycles. The van der Waals surface area contributed by atoms with E-state index in [0.29, 0.717) is 17.3 Å². The Morgan fingerprint density at radius 1 is 1.21 bits per heavy atom. The van der Waals surface area contributed by atoms with Crippen LogP contribution in [0.25, 0.3) is 10.2 Å². The van der Waals surface area contributed by atoms with Crippen molar-refractivity contribution >= 4 is 33.1 Å². The van der Waals surface area contributed by atoms with Gasteiger partial charge in [-0.3, -0.25) is 0 Å². The van der Waals surface area contributed by atoms with Crippen molar-refractivity contribution in [2.45, 2.75) is 50.7 Å². The number of aromatic nitrogens is 2. The van der Waals surface area contributed by atoms with Crippen molar-refractivity contribution in [3.8, 4) is 6.07 Å². The number of rotatable bonds is 5. The largest absolute Gasteiger partial charge is 0.393 e. The molecule has 3 heterocycles. The second kappa shape index (κ2) is 8.49. The zero-order valence-corrected chi connectivity index (χ0v) is 18.8. The van der Waals surface area contributed by atoms with E-state index in [0.717, 1.165) is 72.6 Å². The van der Waals surface area contributed by atoms with Gasteiger partial charge in [0.05, 0.1) is 24.3 Å². The molecule has 1 saturated carbocycles. The van der Waals surface area contributed by atoms with Crippen LogP contribution in [0.4, 0.5) is 24.7 Å². The van der Waals surface area contributed by atoms with Crippen LogP contribution in [-0.4, -0.2) is 35.3 Å². The SMILES string of the molecule is N#CCc1ccc(N[C@@H]2CC[C@]3(CCN(c4ncnc5sc(CC(F)(F)F)cc45)C3)C2)cc1. The molecule has 5 nitrogen and oxygen atoms in total. The molecule has 2 atom stereocenters. The standard InChI is InChI=1S/C24H24F3N5S/c25-24(26,27)13-19-11-20-21(29-15-30-22(20)33-19)32-10-8-23(14-32)7-5-18(12-23)31-17-3-1-16(2-4-17)6-9-28/h1-4,11,15,18,31H,5-8,10,12-14H2/t18-,23+/m1/s1. The van der Waals surface area contributed by atoms with E-state index in [2.05, 4.69) is 26.3 Å². The van der Waals surface area contributed by atoms with Crippen LogP contribution in [0, 0.1) is 16.7 Å². The molecule has 2 aromatic heterocycles. The Morgan fingerprint density at radius 3 is 2.79 bits per heavy atom. The van der Waals surface area contributed by atoms with E-state index in [9.17, 15) is 13.2 Å². The monoisotopic (exact) mass is 471 g/mol. The number of alkyl halides is 3. The second-order valence-corrected chi connectivity index (χ2v) is 10.3. The first-order valence-electron chi connectivity index (χ1n) is 11.1. The third-order valence-corrected chi connectivity index (χ3v) is 7.83. The molecule has 172 valence electrons. The van der Waals surface area contributed by atoms with Gasteiger partial charge in [0.1, 0.15) is 17.0 Å². The normalized spacial score (nSPS) is 22.8. The summed E-state index contributed by atoms with van der Waals surface area (Å²) in [6, 6.07) is 12.2. The summed E-state index contributed by atoms with van der Waals surface area (Å²) >= 11 is 1.10. The predicted molar refractivity (Wildman–Crippen MR) is 123 cm³/mol. The molecule has 3 aromatic rings. The average Bonchev–Trinajstić information content (AvgIpc) is 3.47. The fourth-order valence-electron chi connectivity index (χ4n) is 5.29. The minimum Gasteiger partial charge on any atom is -0.382 e. The summed E-state index contributed by atoms with van der Waals surface area (Å²) in [6.07, 6.45) is 1.03. The van der Waals surface area contributed by atoms with Crippen LogP contribution in [0.3, 0.4) is 0 Å². The van der Waals surface area contributed by atoms with Crippen LogP contribution in [0.15, 0.2) is 36.7 Å². The van der Waals surface area contributed by atoms with Gasteiger partial charge >= 0.3 is 6.18 Å². The number of nitriles is 1. The van der Waals surface area contributed by atoms with E-state index in [4.69, 9.17) is 5.26 Å². The van der Waals surface area contributed by atoms with Crippen molar-refractivity contribution in [1.82, 2.24) is 9.97 Å². The van der Waals surface area contributed by atoms with Gasteiger partial charge in [0.15, 0.2) is 0 Å². The average molecular weight is 472 g/mol. The lowest BCUT2D eigenvalue weighted by Gasteiger charge is -2.25. The number of nitrogens with zero attached hydrogens (tertiary/aromatic N) is 4. The first-order valence-corrected chi connectivity index (χ1v) is 11.9. The number of nitrogens with one attached hydrogen (secondary N) is 1. The molecule has 33 heavy (non-hydrogen) atoms. The summed E-state index contributed by atoms with van der Waals surface area (Å²) in [6.45, 7) is 1.72. The van der Waals surface area contributed by atoms with E-state index in [1.807, 2.05) is 24.3 Å². The second-order valence-electron chi connectivity index (χ2n) is 9.21. The predicted octanol–water partition coefficient (Wildman–Crippen LogP) is 5.72. The van der Waals surface area contributed by atoms with E-state index in [1.54, 1.807) is 6.07 Å². The van der Waals surface area contributed by atoms with Gasteiger partial charge in [-0.1, -0.05) is 12.1 Å². The Kier molecular flexibility index (Phi) is 5.65. The summed E-state index contributed by atoms with van der Waals surface area (Å²) in [5.74, 6) is 0.756. The maximum absolute atomic E-state index is 12.9. The fraction of sp³-hybridized carbons (Fsp3) is 0.458. The van der Waals surface area contributed by atoms with Crippen molar-refractivity contribution in [2.24, 2.45) is 5.41 Å². The summed E-state index contributed by atoms with van der Waals surface area (Å²) in [5, 5.41) is 13.2. The Balaban J connectivity index is 1.27. The Hall–Kier alpha value is -2.86. The highest BCUT2D eigenvalue weighted by atomic mass is 32.1. The zero-order chi connectivity index (χ0) is 23.1. The van der Waals surface area contributed by atoms with Gasteiger partial charge in [-0.15, -0.1) is 11.3 Å². The minimum absolute atomic E-state index is 0.195. The van der Waals surface area contributed by atoms with Gasteiger partial charge in [-0.25, -0.2) is 9.97 Å². The molecule has 1 N–H and O–H groups in total. The van der Waals surface area contributed by atoms with Gasteiger partial charge in [0.2, 0.25) is 0 Å². The highest BCUT2D eigenvalue weighted by Crippen LogP contribution is 2.48. The van der Waals surface area contributed by atoms with E-state index in [-0.39, 0.29) is 10.3 Å². The Labute approximate surface area is 194 Å². The number of benzene rings is 1. The summed E-state index contributed by atoms with van der Waals surface area (Å²) in [4.78, 5) is 11.8. The summed E-state index contributed by atoms with van der Waals surface area (Å²) in [7, 11) is 0. The lowest BCUT2D eigenvalue weighted by Crippen LogP contribution is -2.27. The minimum atomic E-state index is -4.23. The first kappa shape index (κ1) is 22.0. The van der Waals surface area contributed by atoms with Crippen LogP contribution in [0.5, 0.6) is 0 Å². The van der Waals surface area contributed by atoms with Crippen LogP contribution in [-0.2, 0) is 12.8 Å². The highest BCUT2D eigenvalue weighted by molar-refractivity contribution is 7.18. The molecule has 1 saturated heterocycles. The van der Waals surface area contributed by atoms with Crippen LogP contribution < -0.4 is 10.2 Å². The molecule has 0 amide bonds. The number of fused-ring (bicyclic) bond motifs is 1. The van der Waals surface area contributed by atoms with E-state index >= 15 is 0 Å². The number of halogens is 3. The topological polar surface area (TPSA) is 64.8 Å². The van der Waals surface area contributed by atoms with Crippen LogP contribution >= 0.6 is 11.3 Å². The van der Waals surface area contributed by atoms with Crippen molar-refractivity contribution in [3.63, 3.8) is 0 Å². The van der Waals surface area contributed by atoms with Gasteiger partial charge in [-0.2, -0.15) is 18.4 Å². The number of hydrogen-bond acceptors (Lipinski definition) is 6. The lowest BCUT2D eigenvalue weighted by molar-refractivity contribution is -0.126. The van der Waals surface area contributed by atoms with Gasteiger partial charge in [-0.05, 0) is 54.9 Å². The zero-order valence-electron chi connectivity index (χ0n) is 18.0. The van der Waals surface area contributed by atoms with E-state index in [1.165, 1.54) is 6.33 Å². The molecule has 1 spiro atoms. The highest BCUT2D eigenvalue weighted by Gasteiger charge is 2.44. The molecule has 0 radical (unpaired) electrons. The third kappa shape index (κ3) is 4.76. The lowest BCUT2D eigenvalue weighted by atomic mass is 9.85. The van der Waals surface area contributed by atoms with Crippen LogP contribution in [0.2, 0.25) is 0 Å². The number of thiophene rings is 1. The van der Waals surface area contributed by atoms with Crippen molar-refractivity contribution in [2.75, 3.05) is 23.3 Å². The van der Waals surface area contributed by atoms with Crippen LogP contribution in [0.1, 0.15) is 36.1 Å². The first-order chi connectivity index (χ1) is 15.8. The molecule has 1 aromatic carbocycles. The van der Waals surface area contributed by atoms with Gasteiger partial charge in [0, 0.05) is 29.7 Å². The molecular weight excluding hydrogens is 447 g/mol. The quantitative estimate of drug-likeness (QED) is 0.515. The number of anilines is 2. The van der Waals surface area contributed by atoms with Crippen molar-refractivity contribution < 1.29 is 13.2 Å². The molecular formula is C24H24F3N5S. The fourth-order valence-corrected chi connectivity index (χ4v) is 6.31. The molecule has 0 bridgehead atoms. The molecule has 0 unspecified atom stereocenters. The van der Waals surface area contributed by atoms with E-state index < -0.39 is 12.6 Å². The maximum Gasteiger partial charge on any atom is 0.393 e. The molecule has 5 rings (SSSR count). The van der Waals surface area contributed by atoms with Gasteiger partial charge < -0.3 is 10.2 Å². The Morgan fingerprint density at radius 2 is 2.03 bits per heavy atom. The third-order valence-electron chi connectivity index (χ3n) is 6.78. The molecule has 2 fully saturated rings. The van der Waals surface area contributed by atoms with Crippen molar-refractivity contribution in [1.29, 1.82) is 5.26 Å².